The van der Waals surface area contributed by atoms with E-state index in [-0.39, 0.29) is 0 Å². The van der Waals surface area contributed by atoms with Crippen LogP contribution >= 0.6 is 11.6 Å². The third-order valence-electron chi connectivity index (χ3n) is 4.17. The van der Waals surface area contributed by atoms with Crippen molar-refractivity contribution in [2.45, 2.75) is 39.2 Å². The molecule has 1 aliphatic heterocycles. The molecule has 1 aliphatic rings. The lowest BCUT2D eigenvalue weighted by Crippen LogP contribution is -2.29. The fraction of sp³-hybridized carbons (Fsp3) is 0.562. The lowest BCUT2D eigenvalue weighted by molar-refractivity contribution is 0.363. The molecule has 1 N–H and O–H groups in total. The number of halogens is 1. The van der Waals surface area contributed by atoms with Gasteiger partial charge in [0.2, 0.25) is 0 Å². The van der Waals surface area contributed by atoms with E-state index in [1.807, 2.05) is 12.1 Å². The molecule has 0 unspecified atom stereocenters. The van der Waals surface area contributed by atoms with Crippen molar-refractivity contribution in [3.8, 4) is 0 Å². The van der Waals surface area contributed by atoms with Crippen molar-refractivity contribution < 1.29 is 0 Å². The van der Waals surface area contributed by atoms with Crippen LogP contribution in [0.2, 0.25) is 5.02 Å². The third kappa shape index (κ3) is 2.84. The molecule has 0 bridgehead atoms. The predicted octanol–water partition coefficient (Wildman–Crippen LogP) is 3.64. The van der Waals surface area contributed by atoms with E-state index < -0.39 is 0 Å². The molecule has 1 saturated heterocycles. The van der Waals surface area contributed by atoms with E-state index in [0.29, 0.717) is 0 Å². The summed E-state index contributed by atoms with van der Waals surface area (Å²) in [6.45, 7) is 5.55. The summed E-state index contributed by atoms with van der Waals surface area (Å²) in [5.41, 5.74) is 2.26. The van der Waals surface area contributed by atoms with Crippen LogP contribution in [0, 0.1) is 5.92 Å². The molecule has 108 valence electrons. The molecule has 20 heavy (non-hydrogen) atoms. The number of aromatic nitrogens is 2. The fourth-order valence-corrected chi connectivity index (χ4v) is 3.29. The first-order valence-corrected chi connectivity index (χ1v) is 8.01. The first-order chi connectivity index (χ1) is 9.78. The number of fused-ring (bicyclic) bond motifs is 1. The number of rotatable bonds is 4. The Hall–Kier alpha value is -1.06. The van der Waals surface area contributed by atoms with Crippen LogP contribution in [-0.2, 0) is 13.0 Å². The van der Waals surface area contributed by atoms with Gasteiger partial charge in [-0.05, 0) is 56.5 Å². The molecule has 0 amide bonds. The van der Waals surface area contributed by atoms with E-state index in [1.54, 1.807) is 0 Å². The average molecular weight is 292 g/mol. The SMILES string of the molecule is CCCn1c(CC2CCNCC2)nc2cc(Cl)ccc21. The van der Waals surface area contributed by atoms with Gasteiger partial charge in [-0.25, -0.2) is 4.98 Å². The van der Waals surface area contributed by atoms with Gasteiger partial charge in [0.1, 0.15) is 5.82 Å². The summed E-state index contributed by atoms with van der Waals surface area (Å²) >= 11 is 6.09. The molecular weight excluding hydrogens is 270 g/mol. The van der Waals surface area contributed by atoms with Crippen molar-refractivity contribution in [1.82, 2.24) is 14.9 Å². The minimum Gasteiger partial charge on any atom is -0.328 e. The predicted molar refractivity (Wildman–Crippen MR) is 84.3 cm³/mol. The average Bonchev–Trinajstić information content (AvgIpc) is 2.77. The van der Waals surface area contributed by atoms with Gasteiger partial charge < -0.3 is 9.88 Å². The van der Waals surface area contributed by atoms with Crippen molar-refractivity contribution in [3.05, 3.63) is 29.0 Å². The van der Waals surface area contributed by atoms with Crippen LogP contribution < -0.4 is 5.32 Å². The Morgan fingerprint density at radius 3 is 2.90 bits per heavy atom. The molecule has 4 heteroatoms. The maximum atomic E-state index is 6.09. The molecule has 0 saturated carbocycles. The summed E-state index contributed by atoms with van der Waals surface area (Å²) in [5.74, 6) is 2.00. The quantitative estimate of drug-likeness (QED) is 0.932. The summed E-state index contributed by atoms with van der Waals surface area (Å²) in [4.78, 5) is 4.84. The van der Waals surface area contributed by atoms with Gasteiger partial charge in [0.25, 0.3) is 0 Å². The van der Waals surface area contributed by atoms with E-state index in [2.05, 4.69) is 22.9 Å². The Kier molecular flexibility index (Phi) is 4.27. The summed E-state index contributed by atoms with van der Waals surface area (Å²) in [5, 5.41) is 4.20. The molecule has 2 aromatic rings. The van der Waals surface area contributed by atoms with Gasteiger partial charge in [-0.2, -0.15) is 0 Å². The standard InChI is InChI=1S/C16H22ClN3/c1-2-9-20-15-4-3-13(17)11-14(15)19-16(20)10-12-5-7-18-8-6-12/h3-4,11-12,18H,2,5-10H2,1H3. The van der Waals surface area contributed by atoms with Crippen LogP contribution in [0.5, 0.6) is 0 Å². The first kappa shape index (κ1) is 13.9. The maximum Gasteiger partial charge on any atom is 0.110 e. The molecule has 0 spiro atoms. The van der Waals surface area contributed by atoms with E-state index in [1.165, 1.54) is 24.2 Å². The zero-order valence-corrected chi connectivity index (χ0v) is 12.8. The Bertz CT molecular complexity index is 585. The molecule has 1 aromatic heterocycles. The van der Waals surface area contributed by atoms with Crippen LogP contribution in [0.3, 0.4) is 0 Å². The van der Waals surface area contributed by atoms with Crippen molar-refractivity contribution in [1.29, 1.82) is 0 Å². The summed E-state index contributed by atoms with van der Waals surface area (Å²) in [6, 6.07) is 6.05. The van der Waals surface area contributed by atoms with E-state index >= 15 is 0 Å². The number of imidazole rings is 1. The normalized spacial score (nSPS) is 16.9. The molecule has 0 aliphatic carbocycles. The smallest absolute Gasteiger partial charge is 0.110 e. The summed E-state index contributed by atoms with van der Waals surface area (Å²) < 4.78 is 2.38. The monoisotopic (exact) mass is 291 g/mol. The largest absolute Gasteiger partial charge is 0.328 e. The summed E-state index contributed by atoms with van der Waals surface area (Å²) in [7, 11) is 0. The molecule has 2 heterocycles. The molecule has 1 fully saturated rings. The van der Waals surface area contributed by atoms with Crippen LogP contribution in [0.25, 0.3) is 11.0 Å². The van der Waals surface area contributed by atoms with Gasteiger partial charge in [-0.1, -0.05) is 18.5 Å². The van der Waals surface area contributed by atoms with Crippen LogP contribution in [0.1, 0.15) is 32.0 Å². The van der Waals surface area contributed by atoms with Crippen molar-refractivity contribution in [3.63, 3.8) is 0 Å². The lowest BCUT2D eigenvalue weighted by Gasteiger charge is -2.22. The first-order valence-electron chi connectivity index (χ1n) is 7.63. The van der Waals surface area contributed by atoms with Crippen LogP contribution in [-0.4, -0.2) is 22.6 Å². The molecule has 0 radical (unpaired) electrons. The maximum absolute atomic E-state index is 6.09. The van der Waals surface area contributed by atoms with Gasteiger partial charge in [-0.15, -0.1) is 0 Å². The zero-order chi connectivity index (χ0) is 13.9. The van der Waals surface area contributed by atoms with Gasteiger partial charge in [0.15, 0.2) is 0 Å². The summed E-state index contributed by atoms with van der Waals surface area (Å²) in [6.07, 6.45) is 4.74. The minimum absolute atomic E-state index is 0.763. The number of nitrogens with one attached hydrogen (secondary N) is 1. The van der Waals surface area contributed by atoms with E-state index in [9.17, 15) is 0 Å². The highest BCUT2D eigenvalue weighted by Gasteiger charge is 2.18. The highest BCUT2D eigenvalue weighted by atomic mass is 35.5. The molecular formula is C16H22ClN3. The molecule has 3 rings (SSSR count). The number of aryl methyl sites for hydroxylation is 1. The van der Waals surface area contributed by atoms with Crippen molar-refractivity contribution in [2.24, 2.45) is 5.92 Å². The fourth-order valence-electron chi connectivity index (χ4n) is 3.13. The Balaban J connectivity index is 1.93. The van der Waals surface area contributed by atoms with E-state index in [0.717, 1.165) is 48.9 Å². The Labute approximate surface area is 125 Å². The number of benzene rings is 1. The lowest BCUT2D eigenvalue weighted by atomic mass is 9.94. The number of hydrogen-bond donors (Lipinski definition) is 1. The second-order valence-electron chi connectivity index (χ2n) is 5.71. The molecule has 3 nitrogen and oxygen atoms in total. The van der Waals surface area contributed by atoms with Crippen molar-refractivity contribution in [2.75, 3.05) is 13.1 Å². The molecule has 1 aromatic carbocycles. The number of hydrogen-bond acceptors (Lipinski definition) is 2. The van der Waals surface area contributed by atoms with Crippen LogP contribution in [0.4, 0.5) is 0 Å². The Morgan fingerprint density at radius 2 is 2.15 bits per heavy atom. The third-order valence-corrected chi connectivity index (χ3v) is 4.40. The van der Waals surface area contributed by atoms with Crippen LogP contribution in [0.15, 0.2) is 18.2 Å². The van der Waals surface area contributed by atoms with Gasteiger partial charge in [0.05, 0.1) is 11.0 Å². The number of nitrogens with zero attached hydrogens (tertiary/aromatic N) is 2. The Morgan fingerprint density at radius 1 is 1.35 bits per heavy atom. The topological polar surface area (TPSA) is 29.9 Å². The second-order valence-corrected chi connectivity index (χ2v) is 6.15. The highest BCUT2D eigenvalue weighted by molar-refractivity contribution is 6.31. The van der Waals surface area contributed by atoms with Gasteiger partial charge in [-0.3, -0.25) is 0 Å². The van der Waals surface area contributed by atoms with Gasteiger partial charge in [0, 0.05) is 18.0 Å². The van der Waals surface area contributed by atoms with Gasteiger partial charge >= 0.3 is 0 Å². The van der Waals surface area contributed by atoms with E-state index in [4.69, 9.17) is 16.6 Å². The van der Waals surface area contributed by atoms with Crippen molar-refractivity contribution >= 4 is 22.6 Å². The number of piperidine rings is 1. The highest BCUT2D eigenvalue weighted by Crippen LogP contribution is 2.24. The molecule has 0 atom stereocenters. The second kappa shape index (κ2) is 6.15. The minimum atomic E-state index is 0.763. The zero-order valence-electron chi connectivity index (χ0n) is 12.0.